The fourth-order valence-electron chi connectivity index (χ4n) is 2.32. The molecule has 7 heteroatoms. The third-order valence-corrected chi connectivity index (χ3v) is 5.80. The SMILES string of the molecule is CC1CS(=O)(=O)CCN1c1ncnc2sccc12. The van der Waals surface area contributed by atoms with Gasteiger partial charge in [0.25, 0.3) is 0 Å². The van der Waals surface area contributed by atoms with E-state index in [0.29, 0.717) is 6.54 Å². The number of hydrogen-bond acceptors (Lipinski definition) is 6. The molecule has 0 N–H and O–H groups in total. The number of fused-ring (bicyclic) bond motifs is 1. The van der Waals surface area contributed by atoms with Gasteiger partial charge in [-0.15, -0.1) is 11.3 Å². The Morgan fingerprint density at radius 1 is 1.44 bits per heavy atom. The van der Waals surface area contributed by atoms with E-state index >= 15 is 0 Å². The second kappa shape index (κ2) is 4.17. The Kier molecular flexibility index (Phi) is 2.74. The molecular formula is C11H13N3O2S2. The van der Waals surface area contributed by atoms with Gasteiger partial charge in [-0.2, -0.15) is 0 Å². The number of nitrogens with zero attached hydrogens (tertiary/aromatic N) is 3. The number of thiophene rings is 1. The predicted molar refractivity (Wildman–Crippen MR) is 72.9 cm³/mol. The molecule has 1 saturated heterocycles. The van der Waals surface area contributed by atoms with Crippen molar-refractivity contribution in [3.63, 3.8) is 0 Å². The van der Waals surface area contributed by atoms with E-state index in [9.17, 15) is 8.42 Å². The standard InChI is InChI=1S/C11H13N3O2S2/c1-8-6-18(15,16)5-3-14(8)10-9-2-4-17-11(9)13-7-12-10/h2,4,7-8H,3,5-6H2,1H3. The lowest BCUT2D eigenvalue weighted by Crippen LogP contribution is -2.47. The van der Waals surface area contributed by atoms with E-state index in [1.807, 2.05) is 18.4 Å². The van der Waals surface area contributed by atoms with E-state index in [1.54, 1.807) is 17.7 Å². The fraction of sp³-hybridized carbons (Fsp3) is 0.455. The molecule has 1 unspecified atom stereocenters. The molecule has 96 valence electrons. The van der Waals surface area contributed by atoms with Crippen molar-refractivity contribution in [2.75, 3.05) is 23.0 Å². The van der Waals surface area contributed by atoms with Gasteiger partial charge >= 0.3 is 0 Å². The van der Waals surface area contributed by atoms with Crippen LogP contribution in [0.1, 0.15) is 6.92 Å². The molecule has 0 aliphatic carbocycles. The van der Waals surface area contributed by atoms with Crippen LogP contribution in [-0.4, -0.2) is 42.5 Å². The fourth-order valence-corrected chi connectivity index (χ4v) is 4.60. The first kappa shape index (κ1) is 11.9. The largest absolute Gasteiger partial charge is 0.351 e. The van der Waals surface area contributed by atoms with Crippen LogP contribution >= 0.6 is 11.3 Å². The van der Waals surface area contributed by atoms with Crippen molar-refractivity contribution in [2.45, 2.75) is 13.0 Å². The van der Waals surface area contributed by atoms with Gasteiger partial charge in [0.1, 0.15) is 17.0 Å². The van der Waals surface area contributed by atoms with Crippen molar-refractivity contribution < 1.29 is 8.42 Å². The molecule has 1 fully saturated rings. The molecule has 3 rings (SSSR count). The van der Waals surface area contributed by atoms with Crippen LogP contribution < -0.4 is 4.90 Å². The molecule has 18 heavy (non-hydrogen) atoms. The Morgan fingerprint density at radius 3 is 3.06 bits per heavy atom. The zero-order valence-corrected chi connectivity index (χ0v) is 11.5. The lowest BCUT2D eigenvalue weighted by Gasteiger charge is -2.34. The van der Waals surface area contributed by atoms with Gasteiger partial charge in [0.05, 0.1) is 16.9 Å². The summed E-state index contributed by atoms with van der Waals surface area (Å²) in [6, 6.07) is 1.95. The summed E-state index contributed by atoms with van der Waals surface area (Å²) in [5.41, 5.74) is 0. The van der Waals surface area contributed by atoms with Gasteiger partial charge in [0.15, 0.2) is 9.84 Å². The van der Waals surface area contributed by atoms with Crippen LogP contribution in [0.2, 0.25) is 0 Å². The van der Waals surface area contributed by atoms with Gasteiger partial charge in [0, 0.05) is 12.6 Å². The molecular weight excluding hydrogens is 270 g/mol. The topological polar surface area (TPSA) is 63.2 Å². The zero-order chi connectivity index (χ0) is 12.8. The van der Waals surface area contributed by atoms with Crippen LogP contribution in [0.15, 0.2) is 17.8 Å². The summed E-state index contributed by atoms with van der Waals surface area (Å²) in [4.78, 5) is 11.6. The molecule has 0 spiro atoms. The normalized spacial score (nSPS) is 23.4. The van der Waals surface area contributed by atoms with Crippen LogP contribution in [0.4, 0.5) is 5.82 Å². The summed E-state index contributed by atoms with van der Waals surface area (Å²) in [7, 11) is -2.90. The van der Waals surface area contributed by atoms with E-state index < -0.39 is 9.84 Å². The Morgan fingerprint density at radius 2 is 2.28 bits per heavy atom. The van der Waals surface area contributed by atoms with Crippen LogP contribution in [0.5, 0.6) is 0 Å². The zero-order valence-electron chi connectivity index (χ0n) is 9.91. The number of aromatic nitrogens is 2. The molecule has 3 heterocycles. The molecule has 5 nitrogen and oxygen atoms in total. The van der Waals surface area contributed by atoms with Crippen molar-refractivity contribution >= 4 is 37.2 Å². The molecule has 0 aromatic carbocycles. The number of sulfone groups is 1. The van der Waals surface area contributed by atoms with E-state index in [0.717, 1.165) is 16.0 Å². The highest BCUT2D eigenvalue weighted by Crippen LogP contribution is 2.29. The van der Waals surface area contributed by atoms with Gasteiger partial charge < -0.3 is 4.90 Å². The first-order chi connectivity index (χ1) is 8.57. The molecule has 2 aromatic rings. The van der Waals surface area contributed by atoms with Crippen LogP contribution in [-0.2, 0) is 9.84 Å². The van der Waals surface area contributed by atoms with Crippen molar-refractivity contribution in [3.8, 4) is 0 Å². The van der Waals surface area contributed by atoms with E-state index in [2.05, 4.69) is 14.9 Å². The van der Waals surface area contributed by atoms with Gasteiger partial charge in [-0.05, 0) is 18.4 Å². The Balaban J connectivity index is 2.03. The lowest BCUT2D eigenvalue weighted by molar-refractivity contribution is 0.567. The van der Waals surface area contributed by atoms with E-state index in [1.165, 1.54) is 0 Å². The summed E-state index contributed by atoms with van der Waals surface area (Å²) < 4.78 is 23.2. The molecule has 1 aliphatic rings. The second-order valence-electron chi connectivity index (χ2n) is 4.49. The summed E-state index contributed by atoms with van der Waals surface area (Å²) in [6.45, 7) is 2.43. The molecule has 0 radical (unpaired) electrons. The van der Waals surface area contributed by atoms with Crippen LogP contribution in [0.3, 0.4) is 0 Å². The van der Waals surface area contributed by atoms with Gasteiger partial charge in [-0.1, -0.05) is 0 Å². The third kappa shape index (κ3) is 1.97. The minimum Gasteiger partial charge on any atom is -0.351 e. The van der Waals surface area contributed by atoms with Crippen molar-refractivity contribution in [1.82, 2.24) is 9.97 Å². The van der Waals surface area contributed by atoms with Crippen molar-refractivity contribution in [2.24, 2.45) is 0 Å². The van der Waals surface area contributed by atoms with Gasteiger partial charge in [0.2, 0.25) is 0 Å². The third-order valence-electron chi connectivity index (χ3n) is 3.18. The summed E-state index contributed by atoms with van der Waals surface area (Å²) >= 11 is 1.57. The second-order valence-corrected chi connectivity index (χ2v) is 7.62. The maximum atomic E-state index is 11.6. The maximum Gasteiger partial charge on any atom is 0.154 e. The van der Waals surface area contributed by atoms with E-state index in [4.69, 9.17) is 0 Å². The minimum absolute atomic E-state index is 0.0400. The molecule has 0 saturated carbocycles. The highest BCUT2D eigenvalue weighted by molar-refractivity contribution is 7.91. The Hall–Kier alpha value is -1.21. The van der Waals surface area contributed by atoms with Gasteiger partial charge in [-0.25, -0.2) is 18.4 Å². The van der Waals surface area contributed by atoms with E-state index in [-0.39, 0.29) is 17.5 Å². The average molecular weight is 283 g/mol. The van der Waals surface area contributed by atoms with Gasteiger partial charge in [-0.3, -0.25) is 0 Å². The molecule has 0 bridgehead atoms. The highest BCUT2D eigenvalue weighted by atomic mass is 32.2. The Labute approximate surface area is 109 Å². The molecule has 1 aliphatic heterocycles. The smallest absolute Gasteiger partial charge is 0.154 e. The summed E-state index contributed by atoms with van der Waals surface area (Å²) in [6.07, 6.45) is 1.55. The minimum atomic E-state index is -2.90. The first-order valence-electron chi connectivity index (χ1n) is 5.72. The lowest BCUT2D eigenvalue weighted by atomic mass is 10.2. The molecule has 1 atom stereocenters. The number of rotatable bonds is 1. The first-order valence-corrected chi connectivity index (χ1v) is 8.42. The summed E-state index contributed by atoms with van der Waals surface area (Å²) in [5, 5.41) is 2.99. The quantitative estimate of drug-likeness (QED) is 0.789. The molecule has 0 amide bonds. The average Bonchev–Trinajstić information content (AvgIpc) is 2.76. The summed E-state index contributed by atoms with van der Waals surface area (Å²) in [5.74, 6) is 1.25. The van der Waals surface area contributed by atoms with Crippen molar-refractivity contribution in [1.29, 1.82) is 0 Å². The molecule has 2 aromatic heterocycles. The number of anilines is 1. The number of hydrogen-bond donors (Lipinski definition) is 0. The van der Waals surface area contributed by atoms with Crippen molar-refractivity contribution in [3.05, 3.63) is 17.8 Å². The predicted octanol–water partition coefficient (Wildman–Crippen LogP) is 1.31. The monoisotopic (exact) mass is 283 g/mol. The highest BCUT2D eigenvalue weighted by Gasteiger charge is 2.29. The van der Waals surface area contributed by atoms with Crippen LogP contribution in [0, 0.1) is 0 Å². The van der Waals surface area contributed by atoms with Crippen LogP contribution in [0.25, 0.3) is 10.2 Å². The maximum absolute atomic E-state index is 11.6. The Bertz CT molecular complexity index is 680.